The molecule has 1 unspecified atom stereocenters. The predicted octanol–water partition coefficient (Wildman–Crippen LogP) is 1.13. The molecular formula is C12H28N2O2S. The lowest BCUT2D eigenvalue weighted by atomic mass is 10.1. The van der Waals surface area contributed by atoms with Crippen molar-refractivity contribution in [1.29, 1.82) is 0 Å². The maximum atomic E-state index is 11.1. The first-order valence-electron chi connectivity index (χ1n) is 6.37. The van der Waals surface area contributed by atoms with E-state index in [2.05, 4.69) is 31.0 Å². The maximum Gasteiger partial charge on any atom is 0.148 e. The van der Waals surface area contributed by atoms with E-state index in [-0.39, 0.29) is 5.75 Å². The van der Waals surface area contributed by atoms with E-state index >= 15 is 0 Å². The lowest BCUT2D eigenvalue weighted by Crippen LogP contribution is -2.43. The summed E-state index contributed by atoms with van der Waals surface area (Å²) in [6.45, 7) is 7.95. The summed E-state index contributed by atoms with van der Waals surface area (Å²) >= 11 is 0. The molecule has 0 fully saturated rings. The van der Waals surface area contributed by atoms with Crippen LogP contribution in [0, 0.1) is 0 Å². The summed E-state index contributed by atoms with van der Waals surface area (Å²) in [5.74, 6) is 0.241. The second-order valence-electron chi connectivity index (χ2n) is 5.12. The summed E-state index contributed by atoms with van der Waals surface area (Å²) < 4.78 is 22.3. The zero-order valence-electron chi connectivity index (χ0n) is 11.9. The van der Waals surface area contributed by atoms with Gasteiger partial charge < -0.3 is 10.2 Å². The fourth-order valence-electron chi connectivity index (χ4n) is 1.68. The molecule has 0 aromatic carbocycles. The zero-order valence-corrected chi connectivity index (χ0v) is 12.7. The van der Waals surface area contributed by atoms with Crippen molar-refractivity contribution in [3.63, 3.8) is 0 Å². The number of hydrogen-bond donors (Lipinski definition) is 1. The molecule has 0 aliphatic rings. The fraction of sp³-hybridized carbons (Fsp3) is 1.00. The molecule has 5 heteroatoms. The van der Waals surface area contributed by atoms with E-state index in [0.29, 0.717) is 18.6 Å². The molecule has 1 atom stereocenters. The van der Waals surface area contributed by atoms with Crippen molar-refractivity contribution < 1.29 is 8.42 Å². The van der Waals surface area contributed by atoms with Gasteiger partial charge in [-0.05, 0) is 13.5 Å². The van der Waals surface area contributed by atoms with E-state index in [1.54, 1.807) is 0 Å². The Hall–Kier alpha value is -0.130. The Morgan fingerprint density at radius 3 is 2.29 bits per heavy atom. The van der Waals surface area contributed by atoms with Crippen LogP contribution in [-0.2, 0) is 9.84 Å². The molecule has 0 rings (SSSR count). The van der Waals surface area contributed by atoms with Crippen molar-refractivity contribution in [2.75, 3.05) is 32.1 Å². The van der Waals surface area contributed by atoms with Crippen LogP contribution in [0.5, 0.6) is 0 Å². The fourth-order valence-corrected chi connectivity index (χ4v) is 2.30. The normalized spacial score (nSPS) is 14.5. The second-order valence-corrected chi connectivity index (χ2v) is 7.38. The number of sulfone groups is 1. The number of nitrogens with one attached hydrogen (secondary N) is 1. The van der Waals surface area contributed by atoms with E-state index in [0.717, 1.165) is 19.4 Å². The lowest BCUT2D eigenvalue weighted by molar-refractivity contribution is 0.230. The molecule has 0 aliphatic carbocycles. The van der Waals surface area contributed by atoms with Gasteiger partial charge in [0, 0.05) is 31.4 Å². The van der Waals surface area contributed by atoms with E-state index in [1.165, 1.54) is 6.26 Å². The standard InChI is InChI=1S/C12H28N2O2S/c1-6-7-12(10-13-11(2)3)14(4)8-9-17(5,15)16/h11-13H,6-10H2,1-5H3. The van der Waals surface area contributed by atoms with Gasteiger partial charge in [-0.25, -0.2) is 8.42 Å². The van der Waals surface area contributed by atoms with Crippen molar-refractivity contribution in [2.45, 2.75) is 45.7 Å². The average molecular weight is 264 g/mol. The number of nitrogens with zero attached hydrogens (tertiary/aromatic N) is 1. The highest BCUT2D eigenvalue weighted by molar-refractivity contribution is 7.90. The van der Waals surface area contributed by atoms with Gasteiger partial charge in [-0.15, -0.1) is 0 Å². The van der Waals surface area contributed by atoms with E-state index in [1.807, 2.05) is 7.05 Å². The zero-order chi connectivity index (χ0) is 13.5. The van der Waals surface area contributed by atoms with Gasteiger partial charge >= 0.3 is 0 Å². The van der Waals surface area contributed by atoms with Gasteiger partial charge in [0.15, 0.2) is 0 Å². The van der Waals surface area contributed by atoms with Gasteiger partial charge in [-0.2, -0.15) is 0 Å². The van der Waals surface area contributed by atoms with Crippen LogP contribution in [0.1, 0.15) is 33.6 Å². The topological polar surface area (TPSA) is 49.4 Å². The average Bonchev–Trinajstić information content (AvgIpc) is 2.19. The molecule has 0 heterocycles. The van der Waals surface area contributed by atoms with Crippen LogP contribution in [0.25, 0.3) is 0 Å². The summed E-state index contributed by atoms with van der Waals surface area (Å²) in [7, 11) is -0.854. The molecule has 4 nitrogen and oxygen atoms in total. The van der Waals surface area contributed by atoms with Gasteiger partial charge in [-0.1, -0.05) is 27.2 Å². The van der Waals surface area contributed by atoms with Crippen molar-refractivity contribution >= 4 is 9.84 Å². The summed E-state index contributed by atoms with van der Waals surface area (Å²) in [6, 6.07) is 0.891. The first-order chi connectivity index (χ1) is 7.76. The third-order valence-electron chi connectivity index (χ3n) is 2.82. The Morgan fingerprint density at radius 2 is 1.88 bits per heavy atom. The molecule has 1 N–H and O–H groups in total. The minimum atomic E-state index is -2.86. The van der Waals surface area contributed by atoms with Crippen LogP contribution in [0.2, 0.25) is 0 Å². The molecule has 0 saturated heterocycles. The van der Waals surface area contributed by atoms with Crippen LogP contribution < -0.4 is 5.32 Å². The third kappa shape index (κ3) is 9.56. The summed E-state index contributed by atoms with van der Waals surface area (Å²) in [5, 5.41) is 3.42. The SMILES string of the molecule is CCCC(CNC(C)C)N(C)CCS(C)(=O)=O. The molecular weight excluding hydrogens is 236 g/mol. The molecule has 0 radical (unpaired) electrons. The first kappa shape index (κ1) is 16.9. The minimum absolute atomic E-state index is 0.241. The summed E-state index contributed by atoms with van der Waals surface area (Å²) in [5.41, 5.74) is 0. The van der Waals surface area contributed by atoms with Gasteiger partial charge in [-0.3, -0.25) is 0 Å². The van der Waals surface area contributed by atoms with Gasteiger partial charge in [0.1, 0.15) is 9.84 Å². The monoisotopic (exact) mass is 264 g/mol. The molecule has 0 amide bonds. The molecule has 0 spiro atoms. The Labute approximate surface area is 107 Å². The molecule has 17 heavy (non-hydrogen) atoms. The van der Waals surface area contributed by atoms with Crippen LogP contribution in [-0.4, -0.2) is 57.5 Å². The number of likely N-dealkylation sites (N-methyl/N-ethyl adjacent to an activating group) is 1. The highest BCUT2D eigenvalue weighted by atomic mass is 32.2. The van der Waals surface area contributed by atoms with Crippen LogP contribution >= 0.6 is 0 Å². The maximum absolute atomic E-state index is 11.1. The van der Waals surface area contributed by atoms with Gasteiger partial charge in [0.2, 0.25) is 0 Å². The van der Waals surface area contributed by atoms with Crippen LogP contribution in [0.3, 0.4) is 0 Å². The molecule has 0 saturated carbocycles. The third-order valence-corrected chi connectivity index (χ3v) is 3.75. The molecule has 0 bridgehead atoms. The van der Waals surface area contributed by atoms with Crippen LogP contribution in [0.15, 0.2) is 0 Å². The minimum Gasteiger partial charge on any atom is -0.313 e. The molecule has 0 aliphatic heterocycles. The summed E-state index contributed by atoms with van der Waals surface area (Å²) in [4.78, 5) is 2.15. The van der Waals surface area contributed by atoms with Crippen molar-refractivity contribution in [2.24, 2.45) is 0 Å². The van der Waals surface area contributed by atoms with E-state index < -0.39 is 9.84 Å². The van der Waals surface area contributed by atoms with Gasteiger partial charge in [0.05, 0.1) is 5.75 Å². The predicted molar refractivity (Wildman–Crippen MR) is 74.2 cm³/mol. The highest BCUT2D eigenvalue weighted by Gasteiger charge is 2.15. The first-order valence-corrected chi connectivity index (χ1v) is 8.43. The lowest BCUT2D eigenvalue weighted by Gasteiger charge is -2.28. The Balaban J connectivity index is 4.18. The van der Waals surface area contributed by atoms with Crippen molar-refractivity contribution in [1.82, 2.24) is 10.2 Å². The Bertz CT molecular complexity index is 289. The van der Waals surface area contributed by atoms with E-state index in [9.17, 15) is 8.42 Å². The molecule has 104 valence electrons. The largest absolute Gasteiger partial charge is 0.313 e. The Kier molecular flexibility index (Phi) is 8.00. The van der Waals surface area contributed by atoms with Gasteiger partial charge in [0.25, 0.3) is 0 Å². The number of hydrogen-bond acceptors (Lipinski definition) is 4. The quantitative estimate of drug-likeness (QED) is 0.678. The van der Waals surface area contributed by atoms with Crippen molar-refractivity contribution in [3.05, 3.63) is 0 Å². The Morgan fingerprint density at radius 1 is 1.29 bits per heavy atom. The van der Waals surface area contributed by atoms with Crippen LogP contribution in [0.4, 0.5) is 0 Å². The molecule has 0 aromatic rings. The smallest absolute Gasteiger partial charge is 0.148 e. The summed E-state index contributed by atoms with van der Waals surface area (Å²) in [6.07, 6.45) is 3.51. The van der Waals surface area contributed by atoms with E-state index in [4.69, 9.17) is 0 Å². The molecule has 0 aromatic heterocycles. The number of rotatable bonds is 9. The highest BCUT2D eigenvalue weighted by Crippen LogP contribution is 2.05. The van der Waals surface area contributed by atoms with Crippen molar-refractivity contribution in [3.8, 4) is 0 Å². The second kappa shape index (κ2) is 8.06.